The van der Waals surface area contributed by atoms with Gasteiger partial charge in [0.05, 0.1) is 13.4 Å². The van der Waals surface area contributed by atoms with Gasteiger partial charge in [0.2, 0.25) is 10.0 Å². The standard InChI is InChI=1S/C15H20N2O5S/c1-10(8-12-6-5-7-22-12)16-23(19,20)14-9-13(15(18)21-4)17(3)11(14)2/h5-7,9-10,16H,8H2,1-4H3. The highest BCUT2D eigenvalue weighted by atomic mass is 32.2. The second-order valence-electron chi connectivity index (χ2n) is 5.34. The van der Waals surface area contributed by atoms with Crippen molar-refractivity contribution in [2.24, 2.45) is 7.05 Å². The molecule has 0 aromatic carbocycles. The van der Waals surface area contributed by atoms with Gasteiger partial charge in [-0.15, -0.1) is 0 Å². The first-order chi connectivity index (χ1) is 10.8. The van der Waals surface area contributed by atoms with Crippen LogP contribution in [0, 0.1) is 6.92 Å². The molecule has 8 heteroatoms. The van der Waals surface area contributed by atoms with Gasteiger partial charge in [-0.05, 0) is 32.0 Å². The van der Waals surface area contributed by atoms with E-state index in [0.29, 0.717) is 17.9 Å². The number of hydrogen-bond acceptors (Lipinski definition) is 5. The van der Waals surface area contributed by atoms with Gasteiger partial charge >= 0.3 is 5.97 Å². The van der Waals surface area contributed by atoms with Gasteiger partial charge in [0.25, 0.3) is 0 Å². The summed E-state index contributed by atoms with van der Waals surface area (Å²) in [5.41, 5.74) is 0.646. The predicted octanol–water partition coefficient (Wildman–Crippen LogP) is 1.62. The zero-order valence-electron chi connectivity index (χ0n) is 13.5. The minimum Gasteiger partial charge on any atom is -0.469 e. The number of furan rings is 1. The number of nitrogens with zero attached hydrogens (tertiary/aromatic N) is 1. The first kappa shape index (κ1) is 17.3. The molecule has 2 aromatic rings. The van der Waals surface area contributed by atoms with Gasteiger partial charge in [-0.2, -0.15) is 0 Å². The molecular formula is C15H20N2O5S. The van der Waals surface area contributed by atoms with Crippen LogP contribution in [0.2, 0.25) is 0 Å². The maximum Gasteiger partial charge on any atom is 0.354 e. The number of nitrogens with one attached hydrogen (secondary N) is 1. The molecule has 0 amide bonds. The van der Waals surface area contributed by atoms with Crippen LogP contribution >= 0.6 is 0 Å². The monoisotopic (exact) mass is 340 g/mol. The summed E-state index contributed by atoms with van der Waals surface area (Å²) >= 11 is 0. The lowest BCUT2D eigenvalue weighted by Gasteiger charge is -2.13. The predicted molar refractivity (Wildman–Crippen MR) is 83.7 cm³/mol. The minimum atomic E-state index is -3.76. The van der Waals surface area contributed by atoms with Gasteiger partial charge in [0.15, 0.2) is 0 Å². The molecule has 2 aromatic heterocycles. The maximum atomic E-state index is 12.6. The third-order valence-electron chi connectivity index (χ3n) is 3.62. The van der Waals surface area contributed by atoms with Crippen molar-refractivity contribution in [2.75, 3.05) is 7.11 Å². The molecule has 0 aliphatic rings. The first-order valence-corrected chi connectivity index (χ1v) is 8.54. The van der Waals surface area contributed by atoms with Crippen LogP contribution in [0.15, 0.2) is 33.8 Å². The number of carbonyl (C=O) groups is 1. The van der Waals surface area contributed by atoms with Crippen molar-refractivity contribution in [1.29, 1.82) is 0 Å². The molecule has 0 fully saturated rings. The molecule has 23 heavy (non-hydrogen) atoms. The molecule has 0 bridgehead atoms. The summed E-state index contributed by atoms with van der Waals surface area (Å²) in [5.74, 6) is 0.112. The van der Waals surface area contributed by atoms with Crippen molar-refractivity contribution in [3.8, 4) is 0 Å². The smallest absolute Gasteiger partial charge is 0.354 e. The van der Waals surface area contributed by atoms with Gasteiger partial charge in [-0.3, -0.25) is 0 Å². The average molecular weight is 340 g/mol. The van der Waals surface area contributed by atoms with Crippen LogP contribution in [-0.4, -0.2) is 32.1 Å². The SMILES string of the molecule is COC(=O)c1cc(S(=O)(=O)NC(C)Cc2ccco2)c(C)n1C. The van der Waals surface area contributed by atoms with E-state index in [0.717, 1.165) is 0 Å². The van der Waals surface area contributed by atoms with E-state index >= 15 is 0 Å². The van der Waals surface area contributed by atoms with Crippen molar-refractivity contribution < 1.29 is 22.4 Å². The van der Waals surface area contributed by atoms with E-state index in [1.165, 1.54) is 17.7 Å². The Bertz CT molecular complexity index is 790. The molecule has 0 spiro atoms. The second-order valence-corrected chi connectivity index (χ2v) is 7.02. The molecule has 2 heterocycles. The second kappa shape index (κ2) is 6.59. The van der Waals surface area contributed by atoms with Gasteiger partial charge in [-0.25, -0.2) is 17.9 Å². The molecule has 0 saturated heterocycles. The number of sulfonamides is 1. The largest absolute Gasteiger partial charge is 0.469 e. The van der Waals surface area contributed by atoms with Crippen molar-refractivity contribution in [3.63, 3.8) is 0 Å². The van der Waals surface area contributed by atoms with E-state index in [1.807, 2.05) is 0 Å². The molecule has 0 aliphatic heterocycles. The number of carbonyl (C=O) groups excluding carboxylic acids is 1. The molecule has 2 rings (SSSR count). The Morgan fingerprint density at radius 1 is 1.48 bits per heavy atom. The summed E-state index contributed by atoms with van der Waals surface area (Å²) in [4.78, 5) is 11.8. The van der Waals surface area contributed by atoms with E-state index in [9.17, 15) is 13.2 Å². The Labute approximate surface area is 135 Å². The Kier molecular flexibility index (Phi) is 4.96. The van der Waals surface area contributed by atoms with Gasteiger partial charge < -0.3 is 13.7 Å². The molecule has 0 aliphatic carbocycles. The third-order valence-corrected chi connectivity index (χ3v) is 5.32. The van der Waals surface area contributed by atoms with Gasteiger partial charge in [-0.1, -0.05) is 0 Å². The summed E-state index contributed by atoms with van der Waals surface area (Å²) in [6, 6.07) is 4.50. The van der Waals surface area contributed by atoms with Crippen LogP contribution < -0.4 is 4.72 Å². The quantitative estimate of drug-likeness (QED) is 0.807. The Morgan fingerprint density at radius 3 is 2.74 bits per heavy atom. The fraction of sp³-hybridized carbons (Fsp3) is 0.400. The Morgan fingerprint density at radius 2 is 2.17 bits per heavy atom. The zero-order valence-corrected chi connectivity index (χ0v) is 14.3. The number of esters is 1. The Hall–Kier alpha value is -2.06. The average Bonchev–Trinajstić information content (AvgIpc) is 3.07. The van der Waals surface area contributed by atoms with E-state index < -0.39 is 16.0 Å². The highest BCUT2D eigenvalue weighted by Crippen LogP contribution is 2.20. The summed E-state index contributed by atoms with van der Waals surface area (Å²) < 4.78 is 39.1. The number of hydrogen-bond donors (Lipinski definition) is 1. The Balaban J connectivity index is 2.24. The molecule has 1 N–H and O–H groups in total. The van der Waals surface area contributed by atoms with E-state index in [1.54, 1.807) is 39.3 Å². The topological polar surface area (TPSA) is 90.5 Å². The van der Waals surface area contributed by atoms with Crippen molar-refractivity contribution in [3.05, 3.63) is 41.6 Å². The molecule has 0 radical (unpaired) electrons. The molecule has 1 unspecified atom stereocenters. The summed E-state index contributed by atoms with van der Waals surface area (Å²) in [7, 11) is -0.887. The van der Waals surface area contributed by atoms with E-state index in [2.05, 4.69) is 9.46 Å². The number of aromatic nitrogens is 1. The fourth-order valence-electron chi connectivity index (χ4n) is 2.34. The number of rotatable bonds is 6. The lowest BCUT2D eigenvalue weighted by atomic mass is 10.2. The normalized spacial score (nSPS) is 13.0. The zero-order chi connectivity index (χ0) is 17.2. The molecule has 0 saturated carbocycles. The van der Waals surface area contributed by atoms with Crippen LogP contribution in [0.5, 0.6) is 0 Å². The molecule has 126 valence electrons. The van der Waals surface area contributed by atoms with Crippen molar-refractivity contribution in [1.82, 2.24) is 9.29 Å². The van der Waals surface area contributed by atoms with Crippen LogP contribution in [0.4, 0.5) is 0 Å². The molecule has 7 nitrogen and oxygen atoms in total. The third kappa shape index (κ3) is 3.65. The maximum absolute atomic E-state index is 12.6. The summed E-state index contributed by atoms with van der Waals surface area (Å²) in [6.45, 7) is 3.39. The van der Waals surface area contributed by atoms with Crippen LogP contribution in [0.1, 0.15) is 28.9 Å². The fourth-order valence-corrected chi connectivity index (χ4v) is 3.88. The number of ether oxygens (including phenoxy) is 1. The lowest BCUT2D eigenvalue weighted by Crippen LogP contribution is -2.34. The van der Waals surface area contributed by atoms with E-state index in [4.69, 9.17) is 4.42 Å². The van der Waals surface area contributed by atoms with Gasteiger partial charge in [0, 0.05) is 25.2 Å². The van der Waals surface area contributed by atoms with Crippen LogP contribution in [0.3, 0.4) is 0 Å². The molecular weight excluding hydrogens is 320 g/mol. The number of methoxy groups -OCH3 is 1. The van der Waals surface area contributed by atoms with E-state index in [-0.39, 0.29) is 16.6 Å². The van der Waals surface area contributed by atoms with Crippen LogP contribution in [0.25, 0.3) is 0 Å². The minimum absolute atomic E-state index is 0.0618. The lowest BCUT2D eigenvalue weighted by molar-refractivity contribution is 0.0589. The van der Waals surface area contributed by atoms with Crippen molar-refractivity contribution >= 4 is 16.0 Å². The van der Waals surface area contributed by atoms with Crippen molar-refractivity contribution in [2.45, 2.75) is 31.2 Å². The summed E-state index contributed by atoms with van der Waals surface area (Å²) in [6.07, 6.45) is 1.97. The van der Waals surface area contributed by atoms with Crippen LogP contribution in [-0.2, 0) is 28.2 Å². The highest BCUT2D eigenvalue weighted by molar-refractivity contribution is 7.89. The highest BCUT2D eigenvalue weighted by Gasteiger charge is 2.26. The first-order valence-electron chi connectivity index (χ1n) is 7.05. The van der Waals surface area contributed by atoms with Gasteiger partial charge in [0.1, 0.15) is 16.3 Å². The summed E-state index contributed by atoms with van der Waals surface area (Å²) in [5, 5.41) is 0. The molecule has 1 atom stereocenters.